The number of aryl methyl sites for hydroxylation is 1. The Morgan fingerprint density at radius 1 is 1.08 bits per heavy atom. The summed E-state index contributed by atoms with van der Waals surface area (Å²) in [5, 5.41) is 2.76. The fraction of sp³-hybridized carbons (Fsp3) is 0.300. The Balaban J connectivity index is 1.47. The second-order valence-corrected chi connectivity index (χ2v) is 6.20. The van der Waals surface area contributed by atoms with Crippen molar-refractivity contribution in [3.05, 3.63) is 65.7 Å². The molecule has 130 valence electrons. The minimum absolute atomic E-state index is 0.163. The van der Waals surface area contributed by atoms with Crippen LogP contribution < -0.4 is 10.1 Å². The lowest BCUT2D eigenvalue weighted by Crippen LogP contribution is -2.33. The van der Waals surface area contributed by atoms with Crippen LogP contribution in [0.1, 0.15) is 17.5 Å². The number of hydrogen-bond acceptors (Lipinski definition) is 3. The van der Waals surface area contributed by atoms with Crippen LogP contribution in [0, 0.1) is 6.92 Å². The average molecular weight is 338 g/mol. The van der Waals surface area contributed by atoms with Crippen molar-refractivity contribution >= 4 is 11.9 Å². The van der Waals surface area contributed by atoms with E-state index in [0.717, 1.165) is 16.9 Å². The molecular formula is C20H22N2O3. The summed E-state index contributed by atoms with van der Waals surface area (Å²) in [6.07, 6.45) is 1.12. The van der Waals surface area contributed by atoms with E-state index in [0.29, 0.717) is 26.0 Å². The van der Waals surface area contributed by atoms with Crippen LogP contribution >= 0.6 is 0 Å². The molecule has 0 saturated carbocycles. The van der Waals surface area contributed by atoms with Gasteiger partial charge >= 0.3 is 6.03 Å². The Kier molecular flexibility index (Phi) is 5.33. The molecule has 25 heavy (non-hydrogen) atoms. The predicted octanol–water partition coefficient (Wildman–Crippen LogP) is 2.93. The number of nitrogens with one attached hydrogen (secondary N) is 1. The maximum atomic E-state index is 12.4. The summed E-state index contributed by atoms with van der Waals surface area (Å²) in [5.41, 5.74) is 2.17. The van der Waals surface area contributed by atoms with Gasteiger partial charge in [-0.3, -0.25) is 9.69 Å². The molecular weight excluding hydrogens is 316 g/mol. The number of benzene rings is 2. The van der Waals surface area contributed by atoms with Crippen molar-refractivity contribution in [1.29, 1.82) is 0 Å². The van der Waals surface area contributed by atoms with Crippen LogP contribution in [0.3, 0.4) is 0 Å². The van der Waals surface area contributed by atoms with Gasteiger partial charge in [0.2, 0.25) is 0 Å². The van der Waals surface area contributed by atoms with E-state index in [-0.39, 0.29) is 11.9 Å². The number of hydrogen-bond donors (Lipinski definition) is 1. The normalized spacial score (nSPS) is 16.8. The molecule has 5 nitrogen and oxygen atoms in total. The summed E-state index contributed by atoms with van der Waals surface area (Å²) < 4.78 is 5.67. The summed E-state index contributed by atoms with van der Waals surface area (Å²) in [4.78, 5) is 25.8. The van der Waals surface area contributed by atoms with E-state index in [4.69, 9.17) is 4.74 Å². The third-order valence-corrected chi connectivity index (χ3v) is 4.17. The number of nitrogens with zero attached hydrogens (tertiary/aromatic N) is 1. The van der Waals surface area contributed by atoms with Gasteiger partial charge in [0.15, 0.2) is 0 Å². The highest BCUT2D eigenvalue weighted by molar-refractivity contribution is 6.04. The Labute approximate surface area is 147 Å². The first-order valence-electron chi connectivity index (χ1n) is 8.49. The SMILES string of the molecule is Cc1cccc(OCCCN2C(=O)N[C@@H](Cc3ccccc3)C2=O)c1. The van der Waals surface area contributed by atoms with E-state index in [2.05, 4.69) is 5.32 Å². The Bertz CT molecular complexity index is 746. The standard InChI is InChI=1S/C20H22N2O3/c1-15-7-5-10-17(13-15)25-12-6-11-22-19(23)18(21-20(22)24)14-16-8-3-2-4-9-16/h2-5,7-10,13,18H,6,11-12,14H2,1H3,(H,21,24)/t18-/m0/s1. The molecule has 0 aliphatic carbocycles. The summed E-state index contributed by atoms with van der Waals surface area (Å²) in [5.74, 6) is 0.642. The molecule has 2 aromatic rings. The first kappa shape index (κ1) is 17.0. The Hall–Kier alpha value is -2.82. The van der Waals surface area contributed by atoms with Crippen molar-refractivity contribution < 1.29 is 14.3 Å². The largest absolute Gasteiger partial charge is 0.494 e. The first-order chi connectivity index (χ1) is 12.1. The molecule has 1 N–H and O–H groups in total. The fourth-order valence-corrected chi connectivity index (χ4v) is 2.89. The zero-order chi connectivity index (χ0) is 17.6. The third kappa shape index (κ3) is 4.38. The van der Waals surface area contributed by atoms with Gasteiger partial charge in [-0.15, -0.1) is 0 Å². The minimum atomic E-state index is -0.479. The molecule has 2 aromatic carbocycles. The minimum Gasteiger partial charge on any atom is -0.494 e. The number of rotatable bonds is 7. The van der Waals surface area contributed by atoms with E-state index < -0.39 is 6.04 Å². The molecule has 1 heterocycles. The molecule has 1 aliphatic rings. The molecule has 3 amide bonds. The van der Waals surface area contributed by atoms with Gasteiger partial charge in [-0.1, -0.05) is 42.5 Å². The Morgan fingerprint density at radius 2 is 1.88 bits per heavy atom. The molecule has 0 spiro atoms. The van der Waals surface area contributed by atoms with Gasteiger partial charge in [0.05, 0.1) is 6.61 Å². The zero-order valence-corrected chi connectivity index (χ0v) is 14.3. The molecule has 0 radical (unpaired) electrons. The fourth-order valence-electron chi connectivity index (χ4n) is 2.89. The summed E-state index contributed by atoms with van der Waals surface area (Å²) in [7, 11) is 0. The lowest BCUT2D eigenvalue weighted by molar-refractivity contribution is -0.127. The predicted molar refractivity (Wildman–Crippen MR) is 95.5 cm³/mol. The quantitative estimate of drug-likeness (QED) is 0.624. The van der Waals surface area contributed by atoms with Crippen LogP contribution in [0.25, 0.3) is 0 Å². The second kappa shape index (κ2) is 7.83. The highest BCUT2D eigenvalue weighted by Gasteiger charge is 2.37. The highest BCUT2D eigenvalue weighted by Crippen LogP contribution is 2.14. The summed E-state index contributed by atoms with van der Waals surface area (Å²) in [6, 6.07) is 16.7. The van der Waals surface area contributed by atoms with Gasteiger partial charge in [-0.05, 0) is 36.6 Å². The van der Waals surface area contributed by atoms with Crippen LogP contribution in [0.4, 0.5) is 4.79 Å². The monoisotopic (exact) mass is 338 g/mol. The molecule has 5 heteroatoms. The van der Waals surface area contributed by atoms with Crippen LogP contribution in [0.5, 0.6) is 5.75 Å². The maximum absolute atomic E-state index is 12.4. The number of amides is 3. The van der Waals surface area contributed by atoms with Crippen LogP contribution in [0.15, 0.2) is 54.6 Å². The average Bonchev–Trinajstić information content (AvgIpc) is 2.87. The molecule has 1 fully saturated rings. The van der Waals surface area contributed by atoms with E-state index in [1.807, 2.05) is 61.5 Å². The van der Waals surface area contributed by atoms with E-state index in [1.165, 1.54) is 4.90 Å². The highest BCUT2D eigenvalue weighted by atomic mass is 16.5. The lowest BCUT2D eigenvalue weighted by atomic mass is 10.1. The molecule has 0 unspecified atom stereocenters. The van der Waals surface area contributed by atoms with Gasteiger partial charge in [-0.2, -0.15) is 0 Å². The first-order valence-corrected chi connectivity index (χ1v) is 8.49. The van der Waals surface area contributed by atoms with E-state index >= 15 is 0 Å². The summed E-state index contributed by atoms with van der Waals surface area (Å²) >= 11 is 0. The van der Waals surface area contributed by atoms with Gasteiger partial charge in [0.25, 0.3) is 5.91 Å². The Morgan fingerprint density at radius 3 is 2.64 bits per heavy atom. The van der Waals surface area contributed by atoms with Gasteiger partial charge in [0.1, 0.15) is 11.8 Å². The summed E-state index contributed by atoms with van der Waals surface area (Å²) in [6.45, 7) is 2.83. The molecule has 1 aliphatic heterocycles. The number of ether oxygens (including phenoxy) is 1. The molecule has 1 saturated heterocycles. The van der Waals surface area contributed by atoms with Crippen molar-refractivity contribution in [3.8, 4) is 5.75 Å². The van der Waals surface area contributed by atoms with Crippen molar-refractivity contribution in [2.75, 3.05) is 13.2 Å². The number of carbonyl (C=O) groups excluding carboxylic acids is 2. The molecule has 1 atom stereocenters. The molecule has 0 aromatic heterocycles. The number of urea groups is 1. The smallest absolute Gasteiger partial charge is 0.324 e. The topological polar surface area (TPSA) is 58.6 Å². The van der Waals surface area contributed by atoms with Crippen molar-refractivity contribution in [2.45, 2.75) is 25.8 Å². The third-order valence-electron chi connectivity index (χ3n) is 4.17. The number of carbonyl (C=O) groups is 2. The molecule has 0 bridgehead atoms. The van der Waals surface area contributed by atoms with Crippen molar-refractivity contribution in [1.82, 2.24) is 10.2 Å². The second-order valence-electron chi connectivity index (χ2n) is 6.20. The molecule has 3 rings (SSSR count). The number of imide groups is 1. The van der Waals surface area contributed by atoms with Crippen LogP contribution in [-0.4, -0.2) is 36.0 Å². The van der Waals surface area contributed by atoms with E-state index in [9.17, 15) is 9.59 Å². The zero-order valence-electron chi connectivity index (χ0n) is 14.3. The van der Waals surface area contributed by atoms with Gasteiger partial charge in [-0.25, -0.2) is 4.79 Å². The van der Waals surface area contributed by atoms with Crippen molar-refractivity contribution in [2.24, 2.45) is 0 Å². The lowest BCUT2D eigenvalue weighted by Gasteiger charge is -2.13. The van der Waals surface area contributed by atoms with Crippen LogP contribution in [-0.2, 0) is 11.2 Å². The van der Waals surface area contributed by atoms with Gasteiger partial charge < -0.3 is 10.1 Å². The van der Waals surface area contributed by atoms with E-state index in [1.54, 1.807) is 0 Å². The van der Waals surface area contributed by atoms with Crippen LogP contribution in [0.2, 0.25) is 0 Å². The van der Waals surface area contributed by atoms with Gasteiger partial charge in [0, 0.05) is 13.0 Å². The maximum Gasteiger partial charge on any atom is 0.324 e. The van der Waals surface area contributed by atoms with Crippen molar-refractivity contribution in [3.63, 3.8) is 0 Å².